The molecule has 0 aliphatic heterocycles. The van der Waals surface area contributed by atoms with Gasteiger partial charge in [-0.15, -0.1) is 0 Å². The first-order valence-corrected chi connectivity index (χ1v) is 5.41. The van der Waals surface area contributed by atoms with Crippen molar-refractivity contribution in [2.24, 2.45) is 0 Å². The lowest BCUT2D eigenvalue weighted by molar-refractivity contribution is 0.393. The van der Waals surface area contributed by atoms with Gasteiger partial charge in [-0.1, -0.05) is 6.07 Å². The number of nitrogens with one attached hydrogen (secondary N) is 1. The molecule has 2 heterocycles. The third-order valence-electron chi connectivity index (χ3n) is 2.45. The Morgan fingerprint density at radius 2 is 2.28 bits per heavy atom. The van der Waals surface area contributed by atoms with Crippen LogP contribution in [0.4, 0.5) is 5.69 Å². The van der Waals surface area contributed by atoms with Gasteiger partial charge >= 0.3 is 0 Å². The number of nitriles is 1. The zero-order valence-electron chi connectivity index (χ0n) is 9.92. The lowest BCUT2D eigenvalue weighted by atomic mass is 10.2. The van der Waals surface area contributed by atoms with Crippen molar-refractivity contribution in [3.63, 3.8) is 0 Å². The average molecular weight is 240 g/mol. The van der Waals surface area contributed by atoms with E-state index in [4.69, 9.17) is 10.00 Å². The summed E-state index contributed by atoms with van der Waals surface area (Å²) >= 11 is 0. The zero-order valence-corrected chi connectivity index (χ0v) is 9.92. The number of pyridine rings is 2. The number of nitrogens with zero attached hydrogens (tertiary/aromatic N) is 3. The summed E-state index contributed by atoms with van der Waals surface area (Å²) in [6.07, 6.45) is 4.89. The van der Waals surface area contributed by atoms with Crippen LogP contribution >= 0.6 is 0 Å². The smallest absolute Gasteiger partial charge is 0.218 e. The molecule has 0 saturated carbocycles. The maximum atomic E-state index is 8.96. The summed E-state index contributed by atoms with van der Waals surface area (Å²) in [4.78, 5) is 8.10. The van der Waals surface area contributed by atoms with E-state index >= 15 is 0 Å². The van der Waals surface area contributed by atoms with E-state index in [1.165, 1.54) is 0 Å². The van der Waals surface area contributed by atoms with Crippen LogP contribution in [0.5, 0.6) is 5.88 Å². The molecule has 2 aromatic rings. The molecule has 0 unspecified atom stereocenters. The first-order chi connectivity index (χ1) is 8.85. The number of hydrogen-bond donors (Lipinski definition) is 1. The van der Waals surface area contributed by atoms with E-state index < -0.39 is 0 Å². The third kappa shape index (κ3) is 2.55. The van der Waals surface area contributed by atoms with Crippen LogP contribution in [-0.4, -0.2) is 17.1 Å². The van der Waals surface area contributed by atoms with Crippen LogP contribution in [0.3, 0.4) is 0 Å². The molecule has 0 aliphatic rings. The molecule has 5 heteroatoms. The molecule has 1 N–H and O–H groups in total. The van der Waals surface area contributed by atoms with Crippen molar-refractivity contribution in [3.05, 3.63) is 47.9 Å². The van der Waals surface area contributed by atoms with Crippen molar-refractivity contribution in [2.75, 3.05) is 12.4 Å². The molecule has 0 aromatic carbocycles. The molecule has 18 heavy (non-hydrogen) atoms. The summed E-state index contributed by atoms with van der Waals surface area (Å²) in [6.45, 7) is 0.525. The molecule has 0 amide bonds. The van der Waals surface area contributed by atoms with Crippen LogP contribution in [0.15, 0.2) is 36.8 Å². The van der Waals surface area contributed by atoms with Crippen molar-refractivity contribution >= 4 is 5.69 Å². The number of hydrogen-bond acceptors (Lipinski definition) is 5. The standard InChI is InChI=1S/C13H12N4O/c1-18-13-11(3-2-5-16-13)8-17-12-9-15-6-4-10(12)7-14/h2-6,9,17H,8H2,1H3. The predicted molar refractivity (Wildman–Crippen MR) is 67.1 cm³/mol. The normalized spacial score (nSPS) is 9.56. The van der Waals surface area contributed by atoms with Crippen molar-refractivity contribution < 1.29 is 4.74 Å². The Labute approximate surface area is 105 Å². The van der Waals surface area contributed by atoms with Gasteiger partial charge in [0.25, 0.3) is 0 Å². The fourth-order valence-electron chi connectivity index (χ4n) is 1.57. The Morgan fingerprint density at radius 1 is 1.39 bits per heavy atom. The highest BCUT2D eigenvalue weighted by Crippen LogP contribution is 2.17. The minimum Gasteiger partial charge on any atom is -0.481 e. The van der Waals surface area contributed by atoms with Gasteiger partial charge in [-0.3, -0.25) is 4.98 Å². The van der Waals surface area contributed by atoms with Gasteiger partial charge in [-0.05, 0) is 12.1 Å². The van der Waals surface area contributed by atoms with Gasteiger partial charge in [0, 0.05) is 24.5 Å². The topological polar surface area (TPSA) is 70.8 Å². The Balaban J connectivity index is 2.14. The van der Waals surface area contributed by atoms with Gasteiger partial charge < -0.3 is 10.1 Å². The molecule has 0 bridgehead atoms. The van der Waals surface area contributed by atoms with E-state index in [0.717, 1.165) is 5.56 Å². The monoisotopic (exact) mass is 240 g/mol. The minimum atomic E-state index is 0.525. The van der Waals surface area contributed by atoms with E-state index in [-0.39, 0.29) is 0 Å². The van der Waals surface area contributed by atoms with E-state index in [0.29, 0.717) is 23.7 Å². The Kier molecular flexibility index (Phi) is 3.72. The van der Waals surface area contributed by atoms with Crippen molar-refractivity contribution in [2.45, 2.75) is 6.54 Å². The quantitative estimate of drug-likeness (QED) is 0.884. The Bertz CT molecular complexity index is 577. The van der Waals surface area contributed by atoms with Gasteiger partial charge in [0.15, 0.2) is 0 Å². The van der Waals surface area contributed by atoms with Gasteiger partial charge in [-0.25, -0.2) is 4.98 Å². The van der Waals surface area contributed by atoms with E-state index in [1.54, 1.807) is 31.8 Å². The highest BCUT2D eigenvalue weighted by Gasteiger charge is 2.05. The molecule has 0 saturated heterocycles. The SMILES string of the molecule is COc1ncccc1CNc1cnccc1C#N. The summed E-state index contributed by atoms with van der Waals surface area (Å²) < 4.78 is 5.16. The van der Waals surface area contributed by atoms with Crippen LogP contribution in [0.1, 0.15) is 11.1 Å². The van der Waals surface area contributed by atoms with E-state index in [2.05, 4.69) is 21.4 Å². The van der Waals surface area contributed by atoms with Gasteiger partial charge in [-0.2, -0.15) is 5.26 Å². The van der Waals surface area contributed by atoms with Gasteiger partial charge in [0.2, 0.25) is 5.88 Å². The summed E-state index contributed by atoms with van der Waals surface area (Å²) in [5.41, 5.74) is 2.19. The lowest BCUT2D eigenvalue weighted by Gasteiger charge is -2.09. The van der Waals surface area contributed by atoms with E-state index in [9.17, 15) is 0 Å². The molecular formula is C13H12N4O. The minimum absolute atomic E-state index is 0.525. The van der Waals surface area contributed by atoms with Crippen molar-refractivity contribution in [3.8, 4) is 11.9 Å². The molecule has 0 fully saturated rings. The fraction of sp³-hybridized carbons (Fsp3) is 0.154. The average Bonchev–Trinajstić information content (AvgIpc) is 2.45. The van der Waals surface area contributed by atoms with Crippen LogP contribution in [0, 0.1) is 11.3 Å². The van der Waals surface area contributed by atoms with E-state index in [1.807, 2.05) is 12.1 Å². The first-order valence-electron chi connectivity index (χ1n) is 5.41. The number of methoxy groups -OCH3 is 1. The van der Waals surface area contributed by atoms with Gasteiger partial charge in [0.05, 0.1) is 24.6 Å². The first kappa shape index (κ1) is 11.9. The molecule has 5 nitrogen and oxygen atoms in total. The molecule has 0 atom stereocenters. The lowest BCUT2D eigenvalue weighted by Crippen LogP contribution is -2.04. The second-order valence-electron chi connectivity index (χ2n) is 3.56. The summed E-state index contributed by atoms with van der Waals surface area (Å²) in [5, 5.41) is 12.1. The second-order valence-corrected chi connectivity index (χ2v) is 3.56. The maximum absolute atomic E-state index is 8.96. The van der Waals surface area contributed by atoms with Crippen LogP contribution < -0.4 is 10.1 Å². The molecule has 0 spiro atoms. The highest BCUT2D eigenvalue weighted by molar-refractivity contribution is 5.55. The van der Waals surface area contributed by atoms with Crippen LogP contribution in [0.2, 0.25) is 0 Å². The molecule has 90 valence electrons. The summed E-state index contributed by atoms with van der Waals surface area (Å²) in [7, 11) is 1.58. The molecule has 2 aromatic heterocycles. The molecule has 0 radical (unpaired) electrons. The Hall–Kier alpha value is -2.61. The Morgan fingerprint density at radius 3 is 3.06 bits per heavy atom. The number of ether oxygens (including phenoxy) is 1. The van der Waals surface area contributed by atoms with Gasteiger partial charge in [0.1, 0.15) is 6.07 Å². The fourth-order valence-corrected chi connectivity index (χ4v) is 1.57. The number of aromatic nitrogens is 2. The molecule has 0 aliphatic carbocycles. The zero-order chi connectivity index (χ0) is 12.8. The van der Waals surface area contributed by atoms with Crippen molar-refractivity contribution in [1.82, 2.24) is 9.97 Å². The third-order valence-corrected chi connectivity index (χ3v) is 2.45. The number of rotatable bonds is 4. The van der Waals surface area contributed by atoms with Crippen molar-refractivity contribution in [1.29, 1.82) is 5.26 Å². The second kappa shape index (κ2) is 5.64. The molecule has 2 rings (SSSR count). The summed E-state index contributed by atoms with van der Waals surface area (Å²) in [6, 6.07) is 7.54. The highest BCUT2D eigenvalue weighted by atomic mass is 16.5. The maximum Gasteiger partial charge on any atom is 0.218 e. The predicted octanol–water partition coefficient (Wildman–Crippen LogP) is 1.97. The largest absolute Gasteiger partial charge is 0.481 e. The number of anilines is 1. The molecular weight excluding hydrogens is 228 g/mol. The van der Waals surface area contributed by atoms with Crippen LogP contribution in [-0.2, 0) is 6.54 Å². The summed E-state index contributed by atoms with van der Waals surface area (Å²) in [5.74, 6) is 0.576. The van der Waals surface area contributed by atoms with Crippen LogP contribution in [0.25, 0.3) is 0 Å².